The fraction of sp³-hybridized carbons (Fsp3) is 0.571. The Morgan fingerprint density at radius 3 is 2.75 bits per heavy atom. The molecule has 0 aliphatic carbocycles. The predicted octanol–water partition coefficient (Wildman–Crippen LogP) is 3.40. The molecule has 0 fully saturated rings. The van der Waals surface area contributed by atoms with E-state index in [-0.39, 0.29) is 0 Å². The molecule has 2 N–H and O–H groups in total. The van der Waals surface area contributed by atoms with Gasteiger partial charge in [0.2, 0.25) is 0 Å². The molecule has 16 heavy (non-hydrogen) atoms. The van der Waals surface area contributed by atoms with Gasteiger partial charge >= 0.3 is 0 Å². The molecule has 1 rings (SSSR count). The van der Waals surface area contributed by atoms with E-state index >= 15 is 0 Å². The van der Waals surface area contributed by atoms with Crippen molar-refractivity contribution in [3.8, 4) is 0 Å². The van der Waals surface area contributed by atoms with Crippen molar-refractivity contribution in [2.75, 3.05) is 11.9 Å². The molecule has 0 radical (unpaired) electrons. The van der Waals surface area contributed by atoms with Crippen LogP contribution >= 0.6 is 0 Å². The molecule has 0 saturated carbocycles. The quantitative estimate of drug-likeness (QED) is 0.688. The lowest BCUT2D eigenvalue weighted by Gasteiger charge is -2.14. The van der Waals surface area contributed by atoms with E-state index in [2.05, 4.69) is 55.7 Å². The Morgan fingerprint density at radius 1 is 1.25 bits per heavy atom. The zero-order chi connectivity index (χ0) is 11.8. The van der Waals surface area contributed by atoms with Crippen LogP contribution in [0.25, 0.3) is 0 Å². The maximum Gasteiger partial charge on any atom is 0.0345 e. The largest absolute Gasteiger partial charge is 0.383 e. The third kappa shape index (κ3) is 4.67. The van der Waals surface area contributed by atoms with Crippen LogP contribution in [0.2, 0.25) is 0 Å². The second kappa shape index (κ2) is 7.29. The van der Waals surface area contributed by atoms with Crippen molar-refractivity contribution in [2.45, 2.75) is 46.2 Å². The maximum absolute atomic E-state index is 3.49. The average molecular weight is 220 g/mol. The van der Waals surface area contributed by atoms with Gasteiger partial charge in [-0.15, -0.1) is 0 Å². The van der Waals surface area contributed by atoms with Crippen molar-refractivity contribution in [3.05, 3.63) is 29.8 Å². The highest BCUT2D eigenvalue weighted by atomic mass is 14.9. The van der Waals surface area contributed by atoms with Crippen molar-refractivity contribution in [1.29, 1.82) is 0 Å². The molecule has 2 heteroatoms. The summed E-state index contributed by atoms with van der Waals surface area (Å²) in [4.78, 5) is 0. The summed E-state index contributed by atoms with van der Waals surface area (Å²) in [5.74, 6) is 0. The molecule has 1 aromatic rings. The summed E-state index contributed by atoms with van der Waals surface area (Å²) in [5, 5.41) is 6.91. The molecule has 0 heterocycles. The van der Waals surface area contributed by atoms with E-state index in [1.807, 2.05) is 0 Å². The Balaban J connectivity index is 2.50. The molecule has 1 atom stereocenters. The van der Waals surface area contributed by atoms with Gasteiger partial charge in [0.1, 0.15) is 0 Å². The van der Waals surface area contributed by atoms with Crippen molar-refractivity contribution in [3.63, 3.8) is 0 Å². The van der Waals surface area contributed by atoms with Crippen LogP contribution in [-0.2, 0) is 6.54 Å². The van der Waals surface area contributed by atoms with Crippen molar-refractivity contribution in [1.82, 2.24) is 5.32 Å². The Hall–Kier alpha value is -1.02. The topological polar surface area (TPSA) is 24.1 Å². The molecule has 0 amide bonds. The molecule has 2 nitrogen and oxygen atoms in total. The standard InChI is InChI=1S/C14H24N2/c1-4-9-15-11-13-7-6-8-14(10-13)16-12(3)5-2/h6-8,10,12,15-16H,4-5,9,11H2,1-3H3. The summed E-state index contributed by atoms with van der Waals surface area (Å²) >= 11 is 0. The van der Waals surface area contributed by atoms with Crippen LogP contribution in [-0.4, -0.2) is 12.6 Å². The minimum atomic E-state index is 0.541. The molecule has 0 aliphatic rings. The highest BCUT2D eigenvalue weighted by Gasteiger charge is 1.99. The molecular weight excluding hydrogens is 196 g/mol. The zero-order valence-electron chi connectivity index (χ0n) is 10.7. The Bertz CT molecular complexity index is 297. The summed E-state index contributed by atoms with van der Waals surface area (Å²) in [6.45, 7) is 8.65. The van der Waals surface area contributed by atoms with E-state index < -0.39 is 0 Å². The number of nitrogens with one attached hydrogen (secondary N) is 2. The van der Waals surface area contributed by atoms with Crippen LogP contribution in [0.15, 0.2) is 24.3 Å². The molecule has 1 unspecified atom stereocenters. The highest BCUT2D eigenvalue weighted by Crippen LogP contribution is 2.12. The second-order valence-electron chi connectivity index (χ2n) is 4.33. The van der Waals surface area contributed by atoms with Crippen LogP contribution in [0, 0.1) is 0 Å². The molecule has 1 aromatic carbocycles. The van der Waals surface area contributed by atoms with Gasteiger partial charge in [-0.1, -0.05) is 26.0 Å². The first-order chi connectivity index (χ1) is 7.76. The van der Waals surface area contributed by atoms with Gasteiger partial charge in [-0.3, -0.25) is 0 Å². The summed E-state index contributed by atoms with van der Waals surface area (Å²) in [6.07, 6.45) is 2.34. The Kier molecular flexibility index (Phi) is 5.94. The number of hydrogen-bond acceptors (Lipinski definition) is 2. The first kappa shape index (κ1) is 13.0. The molecule has 0 aromatic heterocycles. The minimum absolute atomic E-state index is 0.541. The SMILES string of the molecule is CCCNCc1cccc(NC(C)CC)c1. The van der Waals surface area contributed by atoms with Gasteiger partial charge in [0.05, 0.1) is 0 Å². The lowest BCUT2D eigenvalue weighted by atomic mass is 10.1. The van der Waals surface area contributed by atoms with Crippen LogP contribution in [0.4, 0.5) is 5.69 Å². The average Bonchev–Trinajstić information content (AvgIpc) is 2.30. The van der Waals surface area contributed by atoms with E-state index in [9.17, 15) is 0 Å². The minimum Gasteiger partial charge on any atom is -0.383 e. The Morgan fingerprint density at radius 2 is 2.06 bits per heavy atom. The van der Waals surface area contributed by atoms with Crippen LogP contribution < -0.4 is 10.6 Å². The molecule has 90 valence electrons. The fourth-order valence-corrected chi connectivity index (χ4v) is 1.57. The lowest BCUT2D eigenvalue weighted by Crippen LogP contribution is -2.15. The number of anilines is 1. The smallest absolute Gasteiger partial charge is 0.0345 e. The first-order valence-corrected chi connectivity index (χ1v) is 6.32. The fourth-order valence-electron chi connectivity index (χ4n) is 1.57. The molecular formula is C14H24N2. The van der Waals surface area contributed by atoms with Gasteiger partial charge in [-0.25, -0.2) is 0 Å². The number of benzene rings is 1. The van der Waals surface area contributed by atoms with Crippen LogP contribution in [0.5, 0.6) is 0 Å². The third-order valence-electron chi connectivity index (χ3n) is 2.71. The third-order valence-corrected chi connectivity index (χ3v) is 2.71. The summed E-state index contributed by atoms with van der Waals surface area (Å²) in [5.41, 5.74) is 2.58. The molecule has 0 bridgehead atoms. The normalized spacial score (nSPS) is 12.4. The van der Waals surface area contributed by atoms with E-state index in [0.29, 0.717) is 6.04 Å². The van der Waals surface area contributed by atoms with Crippen molar-refractivity contribution in [2.24, 2.45) is 0 Å². The Labute approximate surface area is 99.5 Å². The van der Waals surface area contributed by atoms with Crippen LogP contribution in [0.1, 0.15) is 39.2 Å². The number of hydrogen-bond donors (Lipinski definition) is 2. The highest BCUT2D eigenvalue weighted by molar-refractivity contribution is 5.46. The zero-order valence-corrected chi connectivity index (χ0v) is 10.7. The number of rotatable bonds is 7. The van der Waals surface area contributed by atoms with Gasteiger partial charge in [0.25, 0.3) is 0 Å². The summed E-state index contributed by atoms with van der Waals surface area (Å²) in [7, 11) is 0. The predicted molar refractivity (Wildman–Crippen MR) is 71.8 cm³/mol. The first-order valence-electron chi connectivity index (χ1n) is 6.32. The molecule has 0 saturated heterocycles. The van der Waals surface area contributed by atoms with Gasteiger partial charge in [-0.05, 0) is 44.0 Å². The summed E-state index contributed by atoms with van der Waals surface area (Å²) in [6, 6.07) is 9.20. The van der Waals surface area contributed by atoms with Crippen molar-refractivity contribution < 1.29 is 0 Å². The van der Waals surface area contributed by atoms with E-state index in [1.54, 1.807) is 0 Å². The maximum atomic E-state index is 3.49. The van der Waals surface area contributed by atoms with Crippen LogP contribution in [0.3, 0.4) is 0 Å². The second-order valence-corrected chi connectivity index (χ2v) is 4.33. The van der Waals surface area contributed by atoms with Gasteiger partial charge in [-0.2, -0.15) is 0 Å². The van der Waals surface area contributed by atoms with E-state index in [4.69, 9.17) is 0 Å². The monoisotopic (exact) mass is 220 g/mol. The van der Waals surface area contributed by atoms with E-state index in [0.717, 1.165) is 19.5 Å². The lowest BCUT2D eigenvalue weighted by molar-refractivity contribution is 0.675. The van der Waals surface area contributed by atoms with Gasteiger partial charge < -0.3 is 10.6 Å². The molecule has 0 aliphatic heterocycles. The van der Waals surface area contributed by atoms with E-state index in [1.165, 1.54) is 17.7 Å². The van der Waals surface area contributed by atoms with Gasteiger partial charge in [0.15, 0.2) is 0 Å². The van der Waals surface area contributed by atoms with Gasteiger partial charge in [0, 0.05) is 18.3 Å². The van der Waals surface area contributed by atoms with Crippen molar-refractivity contribution >= 4 is 5.69 Å². The summed E-state index contributed by atoms with van der Waals surface area (Å²) < 4.78 is 0. The molecule has 0 spiro atoms.